The van der Waals surface area contributed by atoms with Crippen molar-refractivity contribution in [2.75, 3.05) is 18.1 Å². The average molecular weight is 307 g/mol. The minimum absolute atomic E-state index is 0.355. The van der Waals surface area contributed by atoms with E-state index in [1.54, 1.807) is 11.8 Å². The molecular formula is C15H17NO4S. The highest BCUT2D eigenvalue weighted by atomic mass is 32.2. The number of thioether (sulfide) groups is 1. The Labute approximate surface area is 127 Å². The van der Waals surface area contributed by atoms with Crippen molar-refractivity contribution in [1.29, 1.82) is 0 Å². The molecule has 0 spiro atoms. The maximum Gasteiger partial charge on any atom is 0.330 e. The third-order valence-corrected chi connectivity index (χ3v) is 5.21. The summed E-state index contributed by atoms with van der Waals surface area (Å²) >= 11 is 1.55. The van der Waals surface area contributed by atoms with Crippen molar-refractivity contribution in [2.45, 2.75) is 24.5 Å². The molecule has 5 nitrogen and oxygen atoms in total. The fraction of sp³-hybridized carbons (Fsp3) is 0.467. The lowest BCUT2D eigenvalue weighted by Gasteiger charge is -2.30. The first-order chi connectivity index (χ1) is 10.1. The van der Waals surface area contributed by atoms with Crippen LogP contribution in [0.4, 0.5) is 0 Å². The lowest BCUT2D eigenvalue weighted by atomic mass is 9.94. The van der Waals surface area contributed by atoms with Crippen LogP contribution >= 0.6 is 11.8 Å². The van der Waals surface area contributed by atoms with Crippen molar-refractivity contribution in [2.24, 2.45) is 0 Å². The third-order valence-electron chi connectivity index (χ3n) is 4.03. The quantitative estimate of drug-likeness (QED) is 0.882. The molecule has 3 rings (SSSR count). The molecule has 2 heterocycles. The lowest BCUT2D eigenvalue weighted by molar-refractivity contribution is -0.149. The molecule has 2 aliphatic heterocycles. The largest absolute Gasteiger partial charge is 0.479 e. The van der Waals surface area contributed by atoms with E-state index in [-0.39, 0.29) is 5.91 Å². The topological polar surface area (TPSA) is 75.6 Å². The van der Waals surface area contributed by atoms with Gasteiger partial charge in [-0.3, -0.25) is 4.79 Å². The summed E-state index contributed by atoms with van der Waals surface area (Å²) in [6.07, 6.45) is 0.518. The van der Waals surface area contributed by atoms with Gasteiger partial charge in [0.1, 0.15) is 5.54 Å². The molecule has 0 aliphatic carbocycles. The van der Waals surface area contributed by atoms with Gasteiger partial charge in [-0.05, 0) is 29.7 Å². The second kappa shape index (κ2) is 5.69. The number of carbonyl (C=O) groups excluding carboxylic acids is 1. The molecule has 0 bridgehead atoms. The number of carbonyl (C=O) groups is 2. The van der Waals surface area contributed by atoms with Crippen LogP contribution in [0.1, 0.15) is 23.7 Å². The van der Waals surface area contributed by atoms with Crippen LogP contribution in [0.3, 0.4) is 0 Å². The first kappa shape index (κ1) is 14.4. The SMILES string of the molecule is O=C(N[C@@]1(C(=O)O)CCSC1)[C@H]1OCCc2ccccc21. The van der Waals surface area contributed by atoms with Crippen molar-refractivity contribution in [3.63, 3.8) is 0 Å². The predicted octanol–water partition coefficient (Wildman–Crippen LogP) is 1.38. The van der Waals surface area contributed by atoms with Gasteiger partial charge in [-0.2, -0.15) is 11.8 Å². The Morgan fingerprint density at radius 2 is 2.19 bits per heavy atom. The van der Waals surface area contributed by atoms with Gasteiger partial charge in [0.25, 0.3) is 5.91 Å². The van der Waals surface area contributed by atoms with Gasteiger partial charge in [0.15, 0.2) is 6.10 Å². The monoisotopic (exact) mass is 307 g/mol. The predicted molar refractivity (Wildman–Crippen MR) is 79.3 cm³/mol. The number of amides is 1. The van der Waals surface area contributed by atoms with Crippen LogP contribution in [-0.2, 0) is 20.7 Å². The smallest absolute Gasteiger partial charge is 0.330 e. The number of ether oxygens (including phenoxy) is 1. The van der Waals surface area contributed by atoms with Gasteiger partial charge < -0.3 is 15.2 Å². The van der Waals surface area contributed by atoms with Crippen molar-refractivity contribution in [1.82, 2.24) is 5.32 Å². The number of fused-ring (bicyclic) bond motifs is 1. The molecule has 1 aromatic rings. The zero-order chi connectivity index (χ0) is 14.9. The Kier molecular flexibility index (Phi) is 3.91. The number of hydrogen-bond acceptors (Lipinski definition) is 4. The molecule has 6 heteroatoms. The zero-order valence-corrected chi connectivity index (χ0v) is 12.3. The molecular weight excluding hydrogens is 290 g/mol. The highest BCUT2D eigenvalue weighted by Gasteiger charge is 2.45. The Morgan fingerprint density at radius 1 is 1.38 bits per heavy atom. The van der Waals surface area contributed by atoms with Crippen LogP contribution in [0.2, 0.25) is 0 Å². The summed E-state index contributed by atoms with van der Waals surface area (Å²) in [4.78, 5) is 24.0. The van der Waals surface area contributed by atoms with Crippen LogP contribution in [0.5, 0.6) is 0 Å². The first-order valence-electron chi connectivity index (χ1n) is 6.95. The fourth-order valence-corrected chi connectivity index (χ4v) is 4.12. The highest BCUT2D eigenvalue weighted by Crippen LogP contribution is 2.31. The number of aliphatic carboxylic acids is 1. The third kappa shape index (κ3) is 2.65. The van der Waals surface area contributed by atoms with Crippen molar-refractivity contribution in [3.05, 3.63) is 35.4 Å². The summed E-state index contributed by atoms with van der Waals surface area (Å²) in [5.74, 6) is -0.172. The lowest BCUT2D eigenvalue weighted by Crippen LogP contribution is -2.56. The summed E-state index contributed by atoms with van der Waals surface area (Å²) in [7, 11) is 0. The van der Waals surface area contributed by atoms with Crippen molar-refractivity contribution >= 4 is 23.6 Å². The molecule has 2 aliphatic rings. The molecule has 1 saturated heterocycles. The average Bonchev–Trinajstić information content (AvgIpc) is 2.96. The molecule has 2 N–H and O–H groups in total. The normalized spacial score (nSPS) is 27.9. The van der Waals surface area contributed by atoms with Gasteiger partial charge in [-0.25, -0.2) is 4.79 Å². The molecule has 1 aromatic carbocycles. The number of nitrogens with one attached hydrogen (secondary N) is 1. The Balaban J connectivity index is 1.82. The van der Waals surface area contributed by atoms with Crippen LogP contribution in [-0.4, -0.2) is 40.6 Å². The Hall–Kier alpha value is -1.53. The van der Waals surface area contributed by atoms with E-state index >= 15 is 0 Å². The Bertz CT molecular complexity index is 569. The van der Waals surface area contributed by atoms with Crippen LogP contribution in [0.15, 0.2) is 24.3 Å². The second-order valence-electron chi connectivity index (χ2n) is 5.38. The summed E-state index contributed by atoms with van der Waals surface area (Å²) < 4.78 is 5.59. The molecule has 21 heavy (non-hydrogen) atoms. The fourth-order valence-electron chi connectivity index (χ4n) is 2.80. The zero-order valence-electron chi connectivity index (χ0n) is 11.5. The number of carboxylic acid groups (broad SMARTS) is 1. The number of benzene rings is 1. The molecule has 112 valence electrons. The number of rotatable bonds is 3. The van der Waals surface area contributed by atoms with Crippen LogP contribution < -0.4 is 5.32 Å². The molecule has 0 unspecified atom stereocenters. The van der Waals surface area contributed by atoms with E-state index in [1.807, 2.05) is 24.3 Å². The minimum atomic E-state index is -1.16. The summed E-state index contributed by atoms with van der Waals surface area (Å²) in [5, 5.41) is 12.2. The van der Waals surface area contributed by atoms with E-state index in [0.29, 0.717) is 18.8 Å². The van der Waals surface area contributed by atoms with E-state index in [2.05, 4.69) is 5.32 Å². The van der Waals surface area contributed by atoms with E-state index in [4.69, 9.17) is 4.74 Å². The van der Waals surface area contributed by atoms with Gasteiger partial charge in [-0.1, -0.05) is 24.3 Å². The van der Waals surface area contributed by atoms with Gasteiger partial charge in [0.2, 0.25) is 0 Å². The summed E-state index contributed by atoms with van der Waals surface area (Å²) in [6.45, 7) is 0.476. The summed E-state index contributed by atoms with van der Waals surface area (Å²) in [5.41, 5.74) is 0.777. The highest BCUT2D eigenvalue weighted by molar-refractivity contribution is 7.99. The van der Waals surface area contributed by atoms with Gasteiger partial charge in [-0.15, -0.1) is 0 Å². The van der Waals surface area contributed by atoms with Gasteiger partial charge in [0.05, 0.1) is 6.61 Å². The van der Waals surface area contributed by atoms with E-state index < -0.39 is 17.6 Å². The molecule has 2 atom stereocenters. The molecule has 0 aromatic heterocycles. The standard InChI is InChI=1S/C15H17NO4S/c17-13(16-15(14(18)19)6-8-21-9-15)12-11-4-2-1-3-10(11)5-7-20-12/h1-4,12H,5-9H2,(H,16,17)(H,18,19)/t12-,15-/m0/s1. The van der Waals surface area contributed by atoms with Gasteiger partial charge >= 0.3 is 5.97 Å². The van der Waals surface area contributed by atoms with E-state index in [1.165, 1.54) is 0 Å². The number of hydrogen-bond donors (Lipinski definition) is 2. The molecule has 0 radical (unpaired) electrons. The van der Waals surface area contributed by atoms with Crippen molar-refractivity contribution < 1.29 is 19.4 Å². The van der Waals surface area contributed by atoms with E-state index in [0.717, 1.165) is 23.3 Å². The Morgan fingerprint density at radius 3 is 2.90 bits per heavy atom. The van der Waals surface area contributed by atoms with Crippen molar-refractivity contribution in [3.8, 4) is 0 Å². The first-order valence-corrected chi connectivity index (χ1v) is 8.10. The molecule has 1 fully saturated rings. The molecule has 1 amide bonds. The minimum Gasteiger partial charge on any atom is -0.479 e. The maximum absolute atomic E-state index is 12.5. The number of carboxylic acids is 1. The summed E-state index contributed by atoms with van der Waals surface area (Å²) in [6, 6.07) is 7.66. The molecule has 0 saturated carbocycles. The van der Waals surface area contributed by atoms with Gasteiger partial charge in [0, 0.05) is 5.75 Å². The maximum atomic E-state index is 12.5. The van der Waals surface area contributed by atoms with Crippen LogP contribution in [0, 0.1) is 0 Å². The van der Waals surface area contributed by atoms with E-state index in [9.17, 15) is 14.7 Å². The second-order valence-corrected chi connectivity index (χ2v) is 6.48. The van der Waals surface area contributed by atoms with Crippen LogP contribution in [0.25, 0.3) is 0 Å².